The van der Waals surface area contributed by atoms with E-state index in [-0.39, 0.29) is 19.1 Å². The number of hydrogen-bond acceptors (Lipinski definition) is 5. The number of anilines is 1. The smallest absolute Gasteiger partial charge is 0.238 e. The molecule has 0 radical (unpaired) electrons. The van der Waals surface area contributed by atoms with Gasteiger partial charge in [-0.2, -0.15) is 0 Å². The molecule has 0 aliphatic heterocycles. The summed E-state index contributed by atoms with van der Waals surface area (Å²) in [7, 11) is 3.11. The van der Waals surface area contributed by atoms with E-state index in [1.807, 2.05) is 11.8 Å². The van der Waals surface area contributed by atoms with Gasteiger partial charge in [-0.05, 0) is 6.54 Å². The van der Waals surface area contributed by atoms with Gasteiger partial charge in [-0.3, -0.25) is 9.69 Å². The van der Waals surface area contributed by atoms with Gasteiger partial charge >= 0.3 is 0 Å². The predicted molar refractivity (Wildman–Crippen MR) is 77.4 cm³/mol. The average molecular weight is 282 g/mol. The van der Waals surface area contributed by atoms with Gasteiger partial charge in [0.25, 0.3) is 0 Å². The largest absolute Gasteiger partial charge is 0.497 e. The maximum Gasteiger partial charge on any atom is 0.238 e. The first-order valence-corrected chi connectivity index (χ1v) is 6.49. The first-order chi connectivity index (χ1) is 9.62. The fourth-order valence-corrected chi connectivity index (χ4v) is 1.77. The lowest BCUT2D eigenvalue weighted by Crippen LogP contribution is -2.35. The van der Waals surface area contributed by atoms with Crippen LogP contribution in [0.25, 0.3) is 0 Å². The number of aliphatic hydroxyl groups excluding tert-OH is 1. The maximum absolute atomic E-state index is 11.9. The van der Waals surface area contributed by atoms with Crippen molar-refractivity contribution in [3.05, 3.63) is 18.2 Å². The van der Waals surface area contributed by atoms with Crippen LogP contribution in [0.4, 0.5) is 5.69 Å². The molecule has 6 nitrogen and oxygen atoms in total. The summed E-state index contributed by atoms with van der Waals surface area (Å²) in [6, 6.07) is 5.19. The summed E-state index contributed by atoms with van der Waals surface area (Å²) in [5.41, 5.74) is 0.617. The quantitative estimate of drug-likeness (QED) is 0.743. The van der Waals surface area contributed by atoms with Crippen molar-refractivity contribution >= 4 is 11.6 Å². The molecular weight excluding hydrogens is 260 g/mol. The first kappa shape index (κ1) is 16.3. The number of likely N-dealkylation sites (N-methyl/N-ethyl adjacent to an activating group) is 1. The zero-order valence-electron chi connectivity index (χ0n) is 12.2. The van der Waals surface area contributed by atoms with Crippen LogP contribution in [0.2, 0.25) is 0 Å². The minimum Gasteiger partial charge on any atom is -0.497 e. The third-order valence-corrected chi connectivity index (χ3v) is 2.87. The van der Waals surface area contributed by atoms with Crippen molar-refractivity contribution in [2.45, 2.75) is 6.92 Å². The van der Waals surface area contributed by atoms with Crippen LogP contribution in [-0.4, -0.2) is 56.4 Å². The number of hydrogen-bond donors (Lipinski definition) is 2. The molecule has 112 valence electrons. The van der Waals surface area contributed by atoms with Gasteiger partial charge in [0.2, 0.25) is 5.91 Å². The number of ether oxygens (including phenoxy) is 2. The highest BCUT2D eigenvalue weighted by Crippen LogP contribution is 2.25. The lowest BCUT2D eigenvalue weighted by atomic mass is 10.2. The van der Waals surface area contributed by atoms with Crippen LogP contribution in [0.3, 0.4) is 0 Å². The molecule has 0 aliphatic carbocycles. The first-order valence-electron chi connectivity index (χ1n) is 6.49. The summed E-state index contributed by atoms with van der Waals surface area (Å²) in [5, 5.41) is 11.7. The van der Waals surface area contributed by atoms with Crippen molar-refractivity contribution in [1.82, 2.24) is 4.90 Å². The van der Waals surface area contributed by atoms with Crippen LogP contribution in [0.1, 0.15) is 6.92 Å². The Labute approximate surface area is 119 Å². The Morgan fingerprint density at radius 1 is 1.25 bits per heavy atom. The van der Waals surface area contributed by atoms with Crippen molar-refractivity contribution in [3.63, 3.8) is 0 Å². The minimum atomic E-state index is -0.143. The highest BCUT2D eigenvalue weighted by molar-refractivity contribution is 5.92. The molecule has 1 aromatic rings. The third kappa shape index (κ3) is 5.07. The van der Waals surface area contributed by atoms with Crippen LogP contribution in [0.5, 0.6) is 11.5 Å². The molecule has 0 aliphatic rings. The predicted octanol–water partition coefficient (Wildman–Crippen LogP) is 0.956. The summed E-state index contributed by atoms with van der Waals surface area (Å²) in [5.74, 6) is 1.08. The number of amides is 1. The topological polar surface area (TPSA) is 71.0 Å². The Morgan fingerprint density at radius 2 is 1.85 bits per heavy atom. The number of benzene rings is 1. The molecule has 0 saturated carbocycles. The molecule has 0 fully saturated rings. The van der Waals surface area contributed by atoms with Gasteiger partial charge in [0.15, 0.2) is 0 Å². The molecule has 2 N–H and O–H groups in total. The van der Waals surface area contributed by atoms with Crippen molar-refractivity contribution in [2.75, 3.05) is 45.8 Å². The van der Waals surface area contributed by atoms with Crippen molar-refractivity contribution < 1.29 is 19.4 Å². The number of nitrogens with zero attached hydrogens (tertiary/aromatic N) is 1. The van der Waals surface area contributed by atoms with Gasteiger partial charge in [-0.25, -0.2) is 0 Å². The molecule has 20 heavy (non-hydrogen) atoms. The fourth-order valence-electron chi connectivity index (χ4n) is 1.77. The number of nitrogens with one attached hydrogen (secondary N) is 1. The van der Waals surface area contributed by atoms with Crippen LogP contribution in [-0.2, 0) is 4.79 Å². The highest BCUT2D eigenvalue weighted by atomic mass is 16.5. The summed E-state index contributed by atoms with van der Waals surface area (Å²) in [6.07, 6.45) is 0. The number of carbonyl (C=O) groups is 1. The molecule has 1 aromatic carbocycles. The van der Waals surface area contributed by atoms with Gasteiger partial charge in [0, 0.05) is 30.4 Å². The Morgan fingerprint density at radius 3 is 2.30 bits per heavy atom. The summed E-state index contributed by atoms with van der Waals surface area (Å²) in [6.45, 7) is 3.39. The second-order valence-electron chi connectivity index (χ2n) is 4.24. The number of methoxy groups -OCH3 is 2. The summed E-state index contributed by atoms with van der Waals surface area (Å²) < 4.78 is 10.3. The molecule has 6 heteroatoms. The summed E-state index contributed by atoms with van der Waals surface area (Å²) in [4.78, 5) is 13.8. The molecule has 0 bridgehead atoms. The third-order valence-electron chi connectivity index (χ3n) is 2.87. The van der Waals surface area contributed by atoms with Crippen molar-refractivity contribution in [1.29, 1.82) is 0 Å². The molecule has 0 atom stereocenters. The van der Waals surface area contributed by atoms with Gasteiger partial charge in [0.05, 0.1) is 27.4 Å². The number of carbonyl (C=O) groups excluding carboxylic acids is 1. The van der Waals surface area contributed by atoms with E-state index in [0.29, 0.717) is 30.3 Å². The van der Waals surface area contributed by atoms with Crippen LogP contribution >= 0.6 is 0 Å². The van der Waals surface area contributed by atoms with Crippen LogP contribution < -0.4 is 14.8 Å². The average Bonchev–Trinajstić information content (AvgIpc) is 2.46. The fraction of sp³-hybridized carbons (Fsp3) is 0.500. The van der Waals surface area contributed by atoms with E-state index < -0.39 is 0 Å². The van der Waals surface area contributed by atoms with Gasteiger partial charge in [-0.1, -0.05) is 6.92 Å². The van der Waals surface area contributed by atoms with Gasteiger partial charge in [0.1, 0.15) is 11.5 Å². The number of aliphatic hydroxyl groups is 1. The molecule has 1 rings (SSSR count). The molecule has 0 unspecified atom stereocenters. The SMILES string of the molecule is CCN(CCO)CC(=O)Nc1cc(OC)cc(OC)c1. The minimum absolute atomic E-state index is 0.0358. The lowest BCUT2D eigenvalue weighted by Gasteiger charge is -2.18. The van der Waals surface area contributed by atoms with Crippen molar-refractivity contribution in [2.24, 2.45) is 0 Å². The maximum atomic E-state index is 11.9. The van der Waals surface area contributed by atoms with Crippen molar-refractivity contribution in [3.8, 4) is 11.5 Å². The molecule has 1 amide bonds. The molecular formula is C14H22N2O4. The Bertz CT molecular complexity index is 415. The molecule has 0 heterocycles. The molecule has 0 saturated heterocycles. The monoisotopic (exact) mass is 282 g/mol. The highest BCUT2D eigenvalue weighted by Gasteiger charge is 2.10. The van der Waals surface area contributed by atoms with E-state index >= 15 is 0 Å². The van der Waals surface area contributed by atoms with Crippen LogP contribution in [0.15, 0.2) is 18.2 Å². The lowest BCUT2D eigenvalue weighted by molar-refractivity contribution is -0.117. The zero-order valence-corrected chi connectivity index (χ0v) is 12.2. The van der Waals surface area contributed by atoms with Crippen LogP contribution in [0, 0.1) is 0 Å². The Kier molecular flexibility index (Phi) is 6.83. The second kappa shape index (κ2) is 8.39. The second-order valence-corrected chi connectivity index (χ2v) is 4.24. The zero-order chi connectivity index (χ0) is 15.0. The van der Waals surface area contributed by atoms with Gasteiger partial charge in [-0.15, -0.1) is 0 Å². The molecule has 0 spiro atoms. The van der Waals surface area contributed by atoms with E-state index in [0.717, 1.165) is 0 Å². The van der Waals surface area contributed by atoms with E-state index in [1.165, 1.54) is 0 Å². The van der Waals surface area contributed by atoms with E-state index in [4.69, 9.17) is 14.6 Å². The van der Waals surface area contributed by atoms with E-state index in [9.17, 15) is 4.79 Å². The Balaban J connectivity index is 2.69. The Hall–Kier alpha value is -1.79. The summed E-state index contributed by atoms with van der Waals surface area (Å²) >= 11 is 0. The van der Waals surface area contributed by atoms with Gasteiger partial charge < -0.3 is 19.9 Å². The number of rotatable bonds is 8. The van der Waals surface area contributed by atoms with E-state index in [2.05, 4.69) is 5.32 Å². The van der Waals surface area contributed by atoms with E-state index in [1.54, 1.807) is 32.4 Å². The molecule has 0 aromatic heterocycles. The standard InChI is InChI=1S/C14H22N2O4/c1-4-16(5-6-17)10-14(18)15-11-7-12(19-2)9-13(8-11)20-3/h7-9,17H,4-6,10H2,1-3H3,(H,15,18). The normalized spacial score (nSPS) is 10.4.